The van der Waals surface area contributed by atoms with E-state index in [9.17, 15) is 8.42 Å². The van der Waals surface area contributed by atoms with Gasteiger partial charge in [0.05, 0.1) is 10.8 Å². The minimum Gasteiger partial charge on any atom is -0.423 e. The number of sulfone groups is 1. The van der Waals surface area contributed by atoms with Crippen LogP contribution in [-0.2, 0) is 9.84 Å². The van der Waals surface area contributed by atoms with Crippen LogP contribution in [0.5, 0.6) is 0 Å². The van der Waals surface area contributed by atoms with E-state index in [1.807, 2.05) is 84.6 Å². The summed E-state index contributed by atoms with van der Waals surface area (Å²) < 4.78 is 34.1. The molecule has 0 N–H and O–H groups in total. The zero-order chi connectivity index (χ0) is 24.4. The number of hydrogen-bond acceptors (Lipinski definition) is 5. The van der Waals surface area contributed by atoms with E-state index in [4.69, 9.17) is 9.40 Å². The summed E-state index contributed by atoms with van der Waals surface area (Å²) >= 11 is 0. The molecule has 0 radical (unpaired) electrons. The van der Waals surface area contributed by atoms with Crippen molar-refractivity contribution in [3.63, 3.8) is 0 Å². The molecule has 1 aliphatic heterocycles. The van der Waals surface area contributed by atoms with E-state index in [-0.39, 0.29) is 15.8 Å². The van der Waals surface area contributed by atoms with Gasteiger partial charge in [-0.2, -0.15) is 4.98 Å². The summed E-state index contributed by atoms with van der Waals surface area (Å²) in [6.45, 7) is 5.66. The molecule has 180 valence electrons. The van der Waals surface area contributed by atoms with Crippen molar-refractivity contribution in [3.8, 4) is 0 Å². The third kappa shape index (κ3) is 4.76. The maximum Gasteiger partial charge on any atom is 0.236 e. The number of rotatable bonds is 6. The highest BCUT2D eigenvalue weighted by molar-refractivity contribution is 7.91. The molecule has 0 unspecified atom stereocenters. The summed E-state index contributed by atoms with van der Waals surface area (Å²) in [5.74, 6) is 1.03. The summed E-state index contributed by atoms with van der Waals surface area (Å²) in [5.41, 5.74) is 3.00. The number of hydrogen-bond donors (Lipinski definition) is 0. The van der Waals surface area contributed by atoms with Crippen LogP contribution in [0.1, 0.15) is 48.3 Å². The van der Waals surface area contributed by atoms with Crippen molar-refractivity contribution in [1.82, 2.24) is 4.98 Å². The Labute approximate surface area is 207 Å². The van der Waals surface area contributed by atoms with E-state index in [0.29, 0.717) is 17.7 Å². The summed E-state index contributed by atoms with van der Waals surface area (Å²) in [6, 6.07) is 26.9. The first-order chi connectivity index (χ1) is 16.9. The van der Waals surface area contributed by atoms with Crippen LogP contribution < -0.4 is 4.90 Å². The Morgan fingerprint density at radius 2 is 1.40 bits per heavy atom. The third-order valence-electron chi connectivity index (χ3n) is 6.77. The fourth-order valence-electron chi connectivity index (χ4n) is 4.62. The fourth-order valence-corrected chi connectivity index (χ4v) is 5.95. The minimum atomic E-state index is -3.87. The molecule has 0 atom stereocenters. The van der Waals surface area contributed by atoms with Gasteiger partial charge in [-0.15, -0.1) is 0 Å². The molecule has 1 aliphatic rings. The van der Waals surface area contributed by atoms with Gasteiger partial charge in [-0.05, 0) is 48.9 Å². The normalized spacial score (nSPS) is 15.0. The Bertz CT molecular complexity index is 1330. The quantitative estimate of drug-likeness (QED) is 0.323. The van der Waals surface area contributed by atoms with E-state index in [1.54, 1.807) is 12.1 Å². The van der Waals surface area contributed by atoms with Crippen LogP contribution in [0, 0.1) is 12.8 Å². The summed E-state index contributed by atoms with van der Waals surface area (Å²) in [7, 11) is -3.87. The van der Waals surface area contributed by atoms with Gasteiger partial charge in [0.25, 0.3) is 0 Å². The van der Waals surface area contributed by atoms with Crippen molar-refractivity contribution >= 4 is 15.7 Å². The van der Waals surface area contributed by atoms with Crippen molar-refractivity contribution in [2.75, 3.05) is 18.0 Å². The van der Waals surface area contributed by atoms with E-state index in [2.05, 4.69) is 6.92 Å². The molecule has 0 spiro atoms. The number of aryl methyl sites for hydroxylation is 1. The van der Waals surface area contributed by atoms with Gasteiger partial charge in [-0.3, -0.25) is 0 Å². The van der Waals surface area contributed by atoms with Crippen LogP contribution in [0.2, 0.25) is 0 Å². The third-order valence-corrected chi connectivity index (χ3v) is 8.43. The molecule has 0 saturated carbocycles. The largest absolute Gasteiger partial charge is 0.423 e. The summed E-state index contributed by atoms with van der Waals surface area (Å²) in [4.78, 5) is 7.01. The predicted molar refractivity (Wildman–Crippen MR) is 138 cm³/mol. The second kappa shape index (κ2) is 9.70. The topological polar surface area (TPSA) is 63.4 Å². The van der Waals surface area contributed by atoms with Crippen LogP contribution in [0.4, 0.5) is 5.88 Å². The average molecular weight is 487 g/mol. The molecular weight excluding hydrogens is 456 g/mol. The first-order valence-corrected chi connectivity index (χ1v) is 13.6. The molecule has 1 aromatic heterocycles. The molecular formula is C29H30N2O3S. The molecule has 2 heterocycles. The Morgan fingerprint density at radius 1 is 0.857 bits per heavy atom. The summed E-state index contributed by atoms with van der Waals surface area (Å²) in [6.07, 6.45) is 1.97. The number of piperidine rings is 1. The fraction of sp³-hybridized carbons (Fsp3) is 0.276. The lowest BCUT2D eigenvalue weighted by molar-refractivity contribution is 0.405. The molecule has 0 aliphatic carbocycles. The molecule has 5 nitrogen and oxygen atoms in total. The first-order valence-electron chi connectivity index (χ1n) is 12.1. The van der Waals surface area contributed by atoms with Crippen molar-refractivity contribution in [3.05, 3.63) is 108 Å². The average Bonchev–Trinajstić information content (AvgIpc) is 3.32. The molecule has 6 heteroatoms. The molecule has 3 aromatic carbocycles. The lowest BCUT2D eigenvalue weighted by Crippen LogP contribution is -2.33. The van der Waals surface area contributed by atoms with Crippen LogP contribution in [-0.4, -0.2) is 26.5 Å². The lowest BCUT2D eigenvalue weighted by Gasteiger charge is -2.30. The number of benzene rings is 3. The zero-order valence-electron chi connectivity index (χ0n) is 20.1. The first kappa shape index (κ1) is 23.4. The van der Waals surface area contributed by atoms with Gasteiger partial charge in [-0.1, -0.05) is 85.3 Å². The van der Waals surface area contributed by atoms with Gasteiger partial charge in [0.15, 0.2) is 0 Å². The molecule has 4 aromatic rings. The molecule has 0 amide bonds. The maximum absolute atomic E-state index is 13.8. The standard InChI is InChI=1S/C29H30N2O3S/c1-21-13-15-25(16-14-21)35(32,33)28-29(31-19-17-22(2)18-20-31)34-27(30-28)26(23-9-5-3-6-10-23)24-11-7-4-8-12-24/h3-16,22,26H,17-20H2,1-2H3. The predicted octanol–water partition coefficient (Wildman–Crippen LogP) is 6.23. The zero-order valence-corrected chi connectivity index (χ0v) is 20.9. The Kier molecular flexibility index (Phi) is 6.48. The SMILES string of the molecule is Cc1ccc(S(=O)(=O)c2nc(C(c3ccccc3)c3ccccc3)oc2N2CCC(C)CC2)cc1. The van der Waals surface area contributed by atoms with E-state index in [1.165, 1.54) is 0 Å². The van der Waals surface area contributed by atoms with Crippen LogP contribution in [0.3, 0.4) is 0 Å². The van der Waals surface area contributed by atoms with Gasteiger partial charge in [-0.25, -0.2) is 8.42 Å². The smallest absolute Gasteiger partial charge is 0.236 e. The highest BCUT2D eigenvalue weighted by Gasteiger charge is 2.34. The van der Waals surface area contributed by atoms with Gasteiger partial charge >= 0.3 is 0 Å². The van der Waals surface area contributed by atoms with Crippen LogP contribution in [0.15, 0.2) is 99.3 Å². The Hall–Kier alpha value is -3.38. The molecule has 1 fully saturated rings. The second-order valence-electron chi connectivity index (χ2n) is 9.40. The minimum absolute atomic E-state index is 0.00256. The van der Waals surface area contributed by atoms with Crippen LogP contribution in [0.25, 0.3) is 0 Å². The number of oxazole rings is 1. The van der Waals surface area contributed by atoms with Crippen molar-refractivity contribution in [1.29, 1.82) is 0 Å². The summed E-state index contributed by atoms with van der Waals surface area (Å²) in [5, 5.41) is 0.00256. The molecule has 1 saturated heterocycles. The van der Waals surface area contributed by atoms with Gasteiger partial charge in [0.2, 0.25) is 26.6 Å². The van der Waals surface area contributed by atoms with Crippen LogP contribution >= 0.6 is 0 Å². The van der Waals surface area contributed by atoms with Gasteiger partial charge < -0.3 is 9.32 Å². The number of aromatic nitrogens is 1. The van der Waals surface area contributed by atoms with Crippen molar-refractivity contribution in [2.45, 2.75) is 42.5 Å². The number of anilines is 1. The van der Waals surface area contributed by atoms with E-state index >= 15 is 0 Å². The monoisotopic (exact) mass is 486 g/mol. The molecule has 5 rings (SSSR count). The second-order valence-corrected chi connectivity index (χ2v) is 11.3. The van der Waals surface area contributed by atoms with Gasteiger partial charge in [0, 0.05) is 13.1 Å². The van der Waals surface area contributed by atoms with Gasteiger partial charge in [0.1, 0.15) is 0 Å². The molecule has 35 heavy (non-hydrogen) atoms. The Balaban J connectivity index is 1.67. The Morgan fingerprint density at radius 3 is 1.94 bits per heavy atom. The number of nitrogens with zero attached hydrogens (tertiary/aromatic N) is 2. The highest BCUT2D eigenvalue weighted by Crippen LogP contribution is 2.39. The van der Waals surface area contributed by atoms with Crippen molar-refractivity contribution in [2.24, 2.45) is 5.92 Å². The van der Waals surface area contributed by atoms with Crippen molar-refractivity contribution < 1.29 is 12.8 Å². The highest BCUT2D eigenvalue weighted by atomic mass is 32.2. The molecule has 0 bridgehead atoms. The van der Waals surface area contributed by atoms with E-state index < -0.39 is 9.84 Å². The van der Waals surface area contributed by atoms with E-state index in [0.717, 1.165) is 42.6 Å². The lowest BCUT2D eigenvalue weighted by atomic mass is 9.91. The maximum atomic E-state index is 13.8.